The van der Waals surface area contributed by atoms with Crippen molar-refractivity contribution in [3.05, 3.63) is 70.2 Å². The van der Waals surface area contributed by atoms with Gasteiger partial charge in [-0.05, 0) is 42.5 Å². The molecule has 1 nitrogen and oxygen atoms in total. The van der Waals surface area contributed by atoms with E-state index in [4.69, 9.17) is 0 Å². The van der Waals surface area contributed by atoms with Crippen molar-refractivity contribution in [2.75, 3.05) is 13.1 Å². The minimum absolute atomic E-state index is 0.274. The molecule has 0 radical (unpaired) electrons. The second-order valence-corrected chi connectivity index (χ2v) is 6.91. The van der Waals surface area contributed by atoms with Gasteiger partial charge in [0.15, 0.2) is 0 Å². The summed E-state index contributed by atoms with van der Waals surface area (Å²) in [6.45, 7) is 4.28. The summed E-state index contributed by atoms with van der Waals surface area (Å²) < 4.78 is 1.24. The Kier molecular flexibility index (Phi) is 4.46. The molecule has 3 rings (SSSR count). The Morgan fingerprint density at radius 1 is 1.05 bits per heavy atom. The van der Waals surface area contributed by atoms with Crippen molar-refractivity contribution in [3.63, 3.8) is 0 Å². The molecule has 0 heterocycles. The molecule has 2 aromatic carbocycles. The highest BCUT2D eigenvalue weighted by molar-refractivity contribution is 9.10. The lowest BCUT2D eigenvalue weighted by atomic mass is 9.57. The van der Waals surface area contributed by atoms with Gasteiger partial charge in [0, 0.05) is 16.4 Å². The Morgan fingerprint density at radius 2 is 1.71 bits per heavy atom. The Balaban J connectivity index is 1.83. The van der Waals surface area contributed by atoms with Crippen LogP contribution in [0.25, 0.3) is 0 Å². The van der Waals surface area contributed by atoms with Crippen molar-refractivity contribution in [1.29, 1.82) is 0 Å². The van der Waals surface area contributed by atoms with E-state index in [0.717, 1.165) is 13.1 Å². The number of rotatable bonds is 5. The average molecular weight is 344 g/mol. The van der Waals surface area contributed by atoms with Crippen molar-refractivity contribution < 1.29 is 0 Å². The Labute approximate surface area is 135 Å². The van der Waals surface area contributed by atoms with Crippen molar-refractivity contribution in [2.45, 2.75) is 31.1 Å². The predicted molar refractivity (Wildman–Crippen MR) is 92.8 cm³/mol. The summed E-state index contributed by atoms with van der Waals surface area (Å²) in [7, 11) is 0. The van der Waals surface area contributed by atoms with Gasteiger partial charge in [-0.2, -0.15) is 0 Å². The normalized spacial score (nSPS) is 24.6. The third kappa shape index (κ3) is 2.93. The van der Waals surface area contributed by atoms with Crippen LogP contribution >= 0.6 is 15.9 Å². The van der Waals surface area contributed by atoms with Crippen LogP contribution in [0.5, 0.6) is 0 Å². The minimum atomic E-state index is 0.274. The fourth-order valence-electron chi connectivity index (χ4n) is 3.56. The van der Waals surface area contributed by atoms with Crippen LogP contribution in [0.2, 0.25) is 0 Å². The highest BCUT2D eigenvalue weighted by Gasteiger charge is 2.46. The number of likely N-dealkylation sites (N-methyl/N-ethyl adjacent to an activating group) is 1. The molecule has 0 amide bonds. The monoisotopic (exact) mass is 343 g/mol. The first-order chi connectivity index (χ1) is 10.2. The SMILES string of the molecule is CCNCC1(c2ccccc2Br)CC(c2ccccc2)C1. The maximum Gasteiger partial charge on any atom is 0.0213 e. The van der Waals surface area contributed by atoms with Gasteiger partial charge in [0.1, 0.15) is 0 Å². The van der Waals surface area contributed by atoms with Crippen LogP contribution in [0.3, 0.4) is 0 Å². The molecule has 1 N–H and O–H groups in total. The van der Waals surface area contributed by atoms with Crippen LogP contribution in [0, 0.1) is 0 Å². The average Bonchev–Trinajstić information content (AvgIpc) is 2.48. The molecule has 0 atom stereocenters. The van der Waals surface area contributed by atoms with Crippen molar-refractivity contribution in [1.82, 2.24) is 5.32 Å². The van der Waals surface area contributed by atoms with Crippen molar-refractivity contribution in [2.24, 2.45) is 0 Å². The van der Waals surface area contributed by atoms with E-state index in [-0.39, 0.29) is 5.41 Å². The number of halogens is 1. The standard InChI is InChI=1S/C19H22BrN/c1-2-21-14-19(17-10-6-7-11-18(17)20)12-16(13-19)15-8-4-3-5-9-15/h3-11,16,21H,2,12-14H2,1H3. The van der Waals surface area contributed by atoms with Gasteiger partial charge < -0.3 is 5.32 Å². The third-order valence-corrected chi connectivity index (χ3v) is 5.40. The molecular weight excluding hydrogens is 322 g/mol. The lowest BCUT2D eigenvalue weighted by Crippen LogP contribution is -2.47. The zero-order chi connectivity index (χ0) is 14.7. The van der Waals surface area contributed by atoms with E-state index in [1.165, 1.54) is 28.4 Å². The van der Waals surface area contributed by atoms with Gasteiger partial charge in [-0.1, -0.05) is 71.4 Å². The minimum Gasteiger partial charge on any atom is -0.316 e. The molecule has 1 fully saturated rings. The Hall–Kier alpha value is -1.12. The van der Waals surface area contributed by atoms with Gasteiger partial charge in [-0.15, -0.1) is 0 Å². The first-order valence-electron chi connectivity index (χ1n) is 7.76. The van der Waals surface area contributed by atoms with Gasteiger partial charge in [0.05, 0.1) is 0 Å². The van der Waals surface area contributed by atoms with Gasteiger partial charge in [-0.3, -0.25) is 0 Å². The highest BCUT2D eigenvalue weighted by atomic mass is 79.9. The van der Waals surface area contributed by atoms with Gasteiger partial charge >= 0.3 is 0 Å². The molecule has 21 heavy (non-hydrogen) atoms. The highest BCUT2D eigenvalue weighted by Crippen LogP contribution is 2.53. The first-order valence-corrected chi connectivity index (χ1v) is 8.55. The van der Waals surface area contributed by atoms with Crippen LogP contribution in [-0.2, 0) is 5.41 Å². The molecule has 0 unspecified atom stereocenters. The number of benzene rings is 2. The van der Waals surface area contributed by atoms with Gasteiger partial charge in [-0.25, -0.2) is 0 Å². The largest absolute Gasteiger partial charge is 0.316 e. The number of nitrogens with one attached hydrogen (secondary N) is 1. The van der Waals surface area contributed by atoms with E-state index in [0.29, 0.717) is 5.92 Å². The summed E-state index contributed by atoms with van der Waals surface area (Å²) >= 11 is 3.75. The molecule has 0 aliphatic heterocycles. The first kappa shape index (κ1) is 14.8. The summed E-state index contributed by atoms with van der Waals surface area (Å²) in [6, 6.07) is 19.6. The fourth-order valence-corrected chi connectivity index (χ4v) is 4.26. The maximum absolute atomic E-state index is 3.75. The summed E-state index contributed by atoms with van der Waals surface area (Å²) in [5.74, 6) is 0.692. The molecule has 0 spiro atoms. The molecule has 2 heteroatoms. The second kappa shape index (κ2) is 6.33. The van der Waals surface area contributed by atoms with Gasteiger partial charge in [0.2, 0.25) is 0 Å². The molecular formula is C19H22BrN. The van der Waals surface area contributed by atoms with E-state index in [1.807, 2.05) is 0 Å². The number of hydrogen-bond acceptors (Lipinski definition) is 1. The third-order valence-electron chi connectivity index (χ3n) is 4.70. The quantitative estimate of drug-likeness (QED) is 0.816. The predicted octanol–water partition coefficient (Wildman–Crippen LogP) is 4.87. The Morgan fingerprint density at radius 3 is 2.38 bits per heavy atom. The maximum atomic E-state index is 3.75. The van der Waals surface area contributed by atoms with Crippen LogP contribution < -0.4 is 5.32 Å². The summed E-state index contributed by atoms with van der Waals surface area (Å²) in [4.78, 5) is 0. The van der Waals surface area contributed by atoms with Crippen LogP contribution in [0.1, 0.15) is 36.8 Å². The zero-order valence-corrected chi connectivity index (χ0v) is 14.1. The Bertz CT molecular complexity index is 588. The molecule has 0 saturated heterocycles. The van der Waals surface area contributed by atoms with E-state index >= 15 is 0 Å². The molecule has 0 aromatic heterocycles. The summed E-state index contributed by atoms with van der Waals surface area (Å²) in [5, 5.41) is 3.57. The summed E-state index contributed by atoms with van der Waals surface area (Å²) in [5.41, 5.74) is 3.21. The summed E-state index contributed by atoms with van der Waals surface area (Å²) in [6.07, 6.45) is 2.46. The van der Waals surface area contributed by atoms with Crippen LogP contribution in [-0.4, -0.2) is 13.1 Å². The molecule has 110 valence electrons. The molecule has 1 aliphatic carbocycles. The molecule has 2 aromatic rings. The molecule has 0 bridgehead atoms. The van der Waals surface area contributed by atoms with Crippen molar-refractivity contribution in [3.8, 4) is 0 Å². The van der Waals surface area contributed by atoms with E-state index in [9.17, 15) is 0 Å². The lowest BCUT2D eigenvalue weighted by Gasteiger charge is -2.49. The van der Waals surface area contributed by atoms with E-state index < -0.39 is 0 Å². The smallest absolute Gasteiger partial charge is 0.0213 e. The fraction of sp³-hybridized carbons (Fsp3) is 0.368. The van der Waals surface area contributed by atoms with E-state index in [2.05, 4.69) is 82.8 Å². The molecule has 1 aliphatic rings. The lowest BCUT2D eigenvalue weighted by molar-refractivity contribution is 0.194. The zero-order valence-electron chi connectivity index (χ0n) is 12.5. The second-order valence-electron chi connectivity index (χ2n) is 6.06. The topological polar surface area (TPSA) is 12.0 Å². The number of hydrogen-bond donors (Lipinski definition) is 1. The molecule has 1 saturated carbocycles. The van der Waals surface area contributed by atoms with Crippen molar-refractivity contribution >= 4 is 15.9 Å². The van der Waals surface area contributed by atoms with Crippen LogP contribution in [0.4, 0.5) is 0 Å². The van der Waals surface area contributed by atoms with Gasteiger partial charge in [0.25, 0.3) is 0 Å². The van der Waals surface area contributed by atoms with E-state index in [1.54, 1.807) is 0 Å². The van der Waals surface area contributed by atoms with Crippen LogP contribution in [0.15, 0.2) is 59.1 Å².